The minimum Gasteiger partial charge on any atom is -0.329 e. The Balaban J connectivity index is 1.27. The van der Waals surface area contributed by atoms with Gasteiger partial charge < -0.3 is 15.5 Å². The predicted molar refractivity (Wildman–Crippen MR) is 137 cm³/mol. The molecule has 194 valence electrons. The number of carbonyl (C=O) groups is 1. The second kappa shape index (κ2) is 10.9. The molecule has 4 aromatic rings. The summed E-state index contributed by atoms with van der Waals surface area (Å²) in [5.41, 5.74) is 3.56. The van der Waals surface area contributed by atoms with Crippen molar-refractivity contribution in [2.75, 3.05) is 31.5 Å². The number of likely N-dealkylation sites (tertiary alicyclic amines) is 1. The number of halogens is 3. The number of piperidine rings is 1. The molecule has 4 heterocycles. The van der Waals surface area contributed by atoms with E-state index in [0.29, 0.717) is 5.69 Å². The number of carbonyl (C=O) groups excluding carboxylic acids is 1. The first-order valence-electron chi connectivity index (χ1n) is 12.1. The van der Waals surface area contributed by atoms with Crippen LogP contribution in [0.3, 0.4) is 0 Å². The molecule has 0 unspecified atom stereocenters. The summed E-state index contributed by atoms with van der Waals surface area (Å²) in [6.45, 7) is 1.93. The Kier molecular flexibility index (Phi) is 7.38. The zero-order valence-electron chi connectivity index (χ0n) is 20.0. The number of benzene rings is 1. The molecule has 37 heavy (non-hydrogen) atoms. The van der Waals surface area contributed by atoms with Crippen LogP contribution in [0.5, 0.6) is 0 Å². The summed E-state index contributed by atoms with van der Waals surface area (Å²) in [7, 11) is 0. The number of rotatable bonds is 7. The summed E-state index contributed by atoms with van der Waals surface area (Å²) in [5.74, 6) is 0. The smallest absolute Gasteiger partial charge is 0.329 e. The molecule has 8 nitrogen and oxygen atoms in total. The van der Waals surface area contributed by atoms with Gasteiger partial charge in [0.15, 0.2) is 0 Å². The number of urea groups is 1. The molecule has 12 heteroatoms. The van der Waals surface area contributed by atoms with E-state index in [4.69, 9.17) is 0 Å². The van der Waals surface area contributed by atoms with Crippen LogP contribution in [0.25, 0.3) is 27.5 Å². The molecule has 5 rings (SSSR count). The zero-order chi connectivity index (χ0) is 25.8. The molecule has 0 aliphatic carbocycles. The molecule has 1 saturated heterocycles. The fraction of sp³-hybridized carbons (Fsp3) is 0.360. The predicted octanol–water partition coefficient (Wildman–Crippen LogP) is 5.23. The number of nitrogens with one attached hydrogen (secondary N) is 2. The highest BCUT2D eigenvalue weighted by atomic mass is 32.1. The van der Waals surface area contributed by atoms with E-state index in [1.807, 2.05) is 28.8 Å². The summed E-state index contributed by atoms with van der Waals surface area (Å²) >= 11 is 1.60. The number of alkyl halides is 3. The van der Waals surface area contributed by atoms with Gasteiger partial charge >= 0.3 is 12.2 Å². The molecular formula is C25H26F3N7OS. The number of imidazole rings is 1. The molecule has 1 aromatic carbocycles. The largest absolute Gasteiger partial charge is 0.405 e. The Morgan fingerprint density at radius 3 is 2.70 bits per heavy atom. The topological polar surface area (TPSA) is 87.4 Å². The Bertz CT molecular complexity index is 1380. The number of fused-ring (bicyclic) bond motifs is 1. The third kappa shape index (κ3) is 6.44. The number of amides is 2. The van der Waals surface area contributed by atoms with Crippen molar-refractivity contribution in [1.82, 2.24) is 29.8 Å². The maximum Gasteiger partial charge on any atom is 0.405 e. The lowest BCUT2D eigenvalue weighted by Crippen LogP contribution is -2.36. The third-order valence-corrected chi connectivity index (χ3v) is 7.22. The zero-order valence-corrected chi connectivity index (χ0v) is 20.8. The minimum absolute atomic E-state index is 0.370. The normalized spacial score (nSPS) is 14.7. The third-order valence-electron chi connectivity index (χ3n) is 6.18. The number of aromatic nitrogens is 4. The summed E-state index contributed by atoms with van der Waals surface area (Å²) in [4.78, 5) is 18.8. The Morgan fingerprint density at radius 2 is 1.89 bits per heavy atom. The lowest BCUT2D eigenvalue weighted by atomic mass is 10.1. The van der Waals surface area contributed by atoms with Gasteiger partial charge in [-0.05, 0) is 50.2 Å². The van der Waals surface area contributed by atoms with Crippen LogP contribution >= 0.6 is 11.3 Å². The number of nitrogens with zero attached hydrogens (tertiary/aromatic N) is 5. The van der Waals surface area contributed by atoms with Crippen LogP contribution in [-0.2, 0) is 6.42 Å². The molecule has 2 N–H and O–H groups in total. The number of anilines is 1. The molecule has 0 atom stereocenters. The van der Waals surface area contributed by atoms with Gasteiger partial charge in [-0.2, -0.15) is 13.2 Å². The van der Waals surface area contributed by atoms with Gasteiger partial charge in [-0.25, -0.2) is 9.78 Å². The Labute approximate surface area is 215 Å². The van der Waals surface area contributed by atoms with Gasteiger partial charge in [-0.3, -0.25) is 4.40 Å². The van der Waals surface area contributed by atoms with Crippen LogP contribution in [0.2, 0.25) is 0 Å². The quantitative estimate of drug-likeness (QED) is 0.342. The van der Waals surface area contributed by atoms with E-state index in [-0.39, 0.29) is 0 Å². The molecule has 1 fully saturated rings. The van der Waals surface area contributed by atoms with E-state index in [0.717, 1.165) is 58.5 Å². The van der Waals surface area contributed by atoms with Gasteiger partial charge in [0.25, 0.3) is 0 Å². The number of pyridine rings is 1. The lowest BCUT2D eigenvalue weighted by molar-refractivity contribution is -0.122. The average molecular weight is 530 g/mol. The van der Waals surface area contributed by atoms with Crippen molar-refractivity contribution in [3.8, 4) is 21.8 Å². The van der Waals surface area contributed by atoms with Crippen LogP contribution in [0.15, 0.2) is 48.8 Å². The van der Waals surface area contributed by atoms with E-state index in [9.17, 15) is 18.0 Å². The SMILES string of the molecule is O=C(NCC(F)(F)F)Nc1cccc(-c2cnc3cc(-c4nnc(CCN5CCCCC5)s4)ccn23)c1. The Hall–Kier alpha value is -3.51. The maximum absolute atomic E-state index is 12.3. The molecule has 0 bridgehead atoms. The lowest BCUT2D eigenvalue weighted by Gasteiger charge is -2.25. The van der Waals surface area contributed by atoms with Gasteiger partial charge in [0.2, 0.25) is 0 Å². The Morgan fingerprint density at radius 1 is 1.05 bits per heavy atom. The van der Waals surface area contributed by atoms with Gasteiger partial charge in [0, 0.05) is 36.0 Å². The van der Waals surface area contributed by atoms with Crippen LogP contribution in [0.4, 0.5) is 23.7 Å². The average Bonchev–Trinajstić information content (AvgIpc) is 3.54. The highest BCUT2D eigenvalue weighted by Crippen LogP contribution is 2.28. The molecule has 1 aliphatic heterocycles. The van der Waals surface area contributed by atoms with Crippen molar-refractivity contribution in [2.24, 2.45) is 0 Å². The highest BCUT2D eigenvalue weighted by molar-refractivity contribution is 7.14. The van der Waals surface area contributed by atoms with E-state index in [2.05, 4.69) is 25.4 Å². The summed E-state index contributed by atoms with van der Waals surface area (Å²) in [6.07, 6.45) is 3.90. The molecule has 1 aliphatic rings. The summed E-state index contributed by atoms with van der Waals surface area (Å²) in [6, 6.07) is 9.83. The molecule has 3 aromatic heterocycles. The van der Waals surface area contributed by atoms with Crippen molar-refractivity contribution < 1.29 is 18.0 Å². The van der Waals surface area contributed by atoms with E-state index < -0.39 is 18.8 Å². The van der Waals surface area contributed by atoms with Crippen LogP contribution in [0.1, 0.15) is 24.3 Å². The standard InChI is InChI=1S/C25H26F3N7OS/c26-25(27,28)16-30-24(36)31-19-6-4-5-17(13-19)20-15-29-21-14-18(7-12-35(20)21)23-33-32-22(37-23)8-11-34-9-2-1-3-10-34/h4-7,12-15H,1-3,8-11,16H2,(H2,30,31,36). The van der Waals surface area contributed by atoms with E-state index in [1.54, 1.807) is 41.0 Å². The molecule has 0 spiro atoms. The second-order valence-electron chi connectivity index (χ2n) is 8.94. The van der Waals surface area contributed by atoms with Crippen molar-refractivity contribution >= 4 is 28.7 Å². The fourth-order valence-corrected chi connectivity index (χ4v) is 5.17. The van der Waals surface area contributed by atoms with Gasteiger partial charge in [-0.1, -0.05) is 29.9 Å². The van der Waals surface area contributed by atoms with Gasteiger partial charge in [0.05, 0.1) is 11.9 Å². The molecule has 0 saturated carbocycles. The molecule has 2 amide bonds. The van der Waals surface area contributed by atoms with Crippen LogP contribution in [-0.4, -0.2) is 62.9 Å². The van der Waals surface area contributed by atoms with E-state index in [1.165, 1.54) is 19.3 Å². The first-order chi connectivity index (χ1) is 17.8. The summed E-state index contributed by atoms with van der Waals surface area (Å²) < 4.78 is 38.9. The minimum atomic E-state index is -4.47. The monoisotopic (exact) mass is 529 g/mol. The summed E-state index contributed by atoms with van der Waals surface area (Å²) in [5, 5.41) is 14.9. The van der Waals surface area contributed by atoms with E-state index >= 15 is 0 Å². The second-order valence-corrected chi connectivity index (χ2v) is 10.0. The van der Waals surface area contributed by atoms with Crippen LogP contribution in [0, 0.1) is 0 Å². The fourth-order valence-electron chi connectivity index (χ4n) is 4.35. The highest BCUT2D eigenvalue weighted by Gasteiger charge is 2.27. The van der Waals surface area contributed by atoms with Crippen molar-refractivity contribution in [3.63, 3.8) is 0 Å². The van der Waals surface area contributed by atoms with Crippen LogP contribution < -0.4 is 10.6 Å². The molecule has 0 radical (unpaired) electrons. The molecular weight excluding hydrogens is 503 g/mol. The number of hydrogen-bond acceptors (Lipinski definition) is 6. The number of hydrogen-bond donors (Lipinski definition) is 2. The van der Waals surface area contributed by atoms with Crippen molar-refractivity contribution in [1.29, 1.82) is 0 Å². The first kappa shape index (κ1) is 25.2. The van der Waals surface area contributed by atoms with Crippen molar-refractivity contribution in [3.05, 3.63) is 53.8 Å². The van der Waals surface area contributed by atoms with Gasteiger partial charge in [0.1, 0.15) is 22.2 Å². The van der Waals surface area contributed by atoms with Gasteiger partial charge in [-0.15, -0.1) is 10.2 Å². The first-order valence-corrected chi connectivity index (χ1v) is 12.9. The maximum atomic E-state index is 12.3. The van der Waals surface area contributed by atoms with Crippen molar-refractivity contribution in [2.45, 2.75) is 31.9 Å².